The molecule has 0 aromatic heterocycles. The number of hydrogen-bond donors (Lipinski definition) is 1. The molecule has 2 saturated heterocycles. The van der Waals surface area contributed by atoms with Gasteiger partial charge in [-0.25, -0.2) is 8.78 Å². The van der Waals surface area contributed by atoms with Crippen molar-refractivity contribution >= 4 is 5.91 Å². The van der Waals surface area contributed by atoms with Gasteiger partial charge in [-0.3, -0.25) is 15.0 Å². The fraction of sp³-hybridized carbons (Fsp3) is 0.923. The standard InChI is InChI=1S/C13H21F2N3O/c14-13(15)8-11(16-9-13)12(19)18-6-4-17(5-7-18)10-2-1-3-10/h10-11,16H,1-9H2. The van der Waals surface area contributed by atoms with Gasteiger partial charge in [0, 0.05) is 38.6 Å². The van der Waals surface area contributed by atoms with Gasteiger partial charge in [-0.15, -0.1) is 0 Å². The maximum absolute atomic E-state index is 13.1. The second kappa shape index (κ2) is 4.98. The first-order valence-electron chi connectivity index (χ1n) is 7.19. The predicted molar refractivity (Wildman–Crippen MR) is 67.1 cm³/mol. The Bertz CT molecular complexity index is 352. The first-order chi connectivity index (χ1) is 9.05. The molecule has 0 spiro atoms. The average molecular weight is 273 g/mol. The van der Waals surface area contributed by atoms with Crippen LogP contribution in [0.4, 0.5) is 8.78 Å². The fourth-order valence-electron chi connectivity index (χ4n) is 3.17. The third-order valence-electron chi connectivity index (χ3n) is 4.62. The number of piperazine rings is 1. The lowest BCUT2D eigenvalue weighted by atomic mass is 9.91. The van der Waals surface area contributed by atoms with Gasteiger partial charge in [-0.2, -0.15) is 0 Å². The molecule has 0 bridgehead atoms. The molecule has 0 radical (unpaired) electrons. The van der Waals surface area contributed by atoms with Gasteiger partial charge in [0.25, 0.3) is 5.92 Å². The summed E-state index contributed by atoms with van der Waals surface area (Å²) in [5, 5.41) is 2.65. The lowest BCUT2D eigenvalue weighted by molar-refractivity contribution is -0.136. The van der Waals surface area contributed by atoms with Crippen LogP contribution in [0.5, 0.6) is 0 Å². The van der Waals surface area contributed by atoms with E-state index in [1.165, 1.54) is 19.3 Å². The molecule has 19 heavy (non-hydrogen) atoms. The third kappa shape index (κ3) is 2.74. The van der Waals surface area contributed by atoms with E-state index < -0.39 is 12.0 Å². The van der Waals surface area contributed by atoms with Gasteiger partial charge in [0.2, 0.25) is 5.91 Å². The molecule has 1 N–H and O–H groups in total. The van der Waals surface area contributed by atoms with Crippen molar-refractivity contribution < 1.29 is 13.6 Å². The number of halogens is 2. The molecule has 1 saturated carbocycles. The van der Waals surface area contributed by atoms with Gasteiger partial charge in [-0.05, 0) is 12.8 Å². The van der Waals surface area contributed by atoms with E-state index in [-0.39, 0.29) is 18.9 Å². The Morgan fingerprint density at radius 3 is 2.32 bits per heavy atom. The van der Waals surface area contributed by atoms with E-state index in [1.807, 2.05) is 0 Å². The molecule has 0 aromatic carbocycles. The van der Waals surface area contributed by atoms with E-state index >= 15 is 0 Å². The molecule has 4 nitrogen and oxygen atoms in total. The van der Waals surface area contributed by atoms with Crippen LogP contribution in [0.2, 0.25) is 0 Å². The molecule has 1 aliphatic carbocycles. The average Bonchev–Trinajstić information content (AvgIpc) is 2.68. The van der Waals surface area contributed by atoms with Crippen molar-refractivity contribution in [1.82, 2.24) is 15.1 Å². The Balaban J connectivity index is 1.49. The van der Waals surface area contributed by atoms with Gasteiger partial charge in [-0.1, -0.05) is 6.42 Å². The van der Waals surface area contributed by atoms with Gasteiger partial charge in [0.05, 0.1) is 12.6 Å². The second-order valence-electron chi connectivity index (χ2n) is 5.94. The van der Waals surface area contributed by atoms with E-state index in [4.69, 9.17) is 0 Å². The third-order valence-corrected chi connectivity index (χ3v) is 4.62. The summed E-state index contributed by atoms with van der Waals surface area (Å²) in [6.45, 7) is 2.77. The molecule has 0 aromatic rings. The summed E-state index contributed by atoms with van der Waals surface area (Å²) in [7, 11) is 0. The molecule has 2 heterocycles. The van der Waals surface area contributed by atoms with E-state index in [0.717, 1.165) is 13.1 Å². The van der Waals surface area contributed by atoms with E-state index in [9.17, 15) is 13.6 Å². The lowest BCUT2D eigenvalue weighted by Gasteiger charge is -2.43. The molecule has 2 aliphatic heterocycles. The summed E-state index contributed by atoms with van der Waals surface area (Å²) in [6, 6.07) is 0.0106. The van der Waals surface area contributed by atoms with E-state index in [2.05, 4.69) is 10.2 Å². The van der Waals surface area contributed by atoms with Gasteiger partial charge < -0.3 is 4.90 Å². The summed E-state index contributed by atoms with van der Waals surface area (Å²) in [6.07, 6.45) is 3.49. The number of carbonyl (C=O) groups excluding carboxylic acids is 1. The number of hydrogen-bond acceptors (Lipinski definition) is 3. The van der Waals surface area contributed by atoms with Crippen molar-refractivity contribution in [1.29, 1.82) is 0 Å². The van der Waals surface area contributed by atoms with Crippen LogP contribution in [0.15, 0.2) is 0 Å². The molecule has 3 fully saturated rings. The quantitative estimate of drug-likeness (QED) is 0.803. The summed E-state index contributed by atoms with van der Waals surface area (Å²) in [5.41, 5.74) is 0. The van der Waals surface area contributed by atoms with Crippen LogP contribution < -0.4 is 5.32 Å². The molecule has 1 amide bonds. The zero-order chi connectivity index (χ0) is 13.5. The van der Waals surface area contributed by atoms with Crippen molar-refractivity contribution in [2.24, 2.45) is 0 Å². The van der Waals surface area contributed by atoms with Crippen LogP contribution in [0.25, 0.3) is 0 Å². The van der Waals surface area contributed by atoms with Crippen LogP contribution in [-0.4, -0.2) is 66.4 Å². The highest BCUT2D eigenvalue weighted by atomic mass is 19.3. The summed E-state index contributed by atoms with van der Waals surface area (Å²) in [5.74, 6) is -2.88. The molecule has 1 unspecified atom stereocenters. The number of nitrogens with zero attached hydrogens (tertiary/aromatic N) is 2. The van der Waals surface area contributed by atoms with Crippen LogP contribution in [0.3, 0.4) is 0 Å². The van der Waals surface area contributed by atoms with Crippen molar-refractivity contribution in [3.8, 4) is 0 Å². The van der Waals surface area contributed by atoms with Gasteiger partial charge in [0.1, 0.15) is 0 Å². The first-order valence-corrected chi connectivity index (χ1v) is 7.19. The van der Waals surface area contributed by atoms with E-state index in [0.29, 0.717) is 19.1 Å². The van der Waals surface area contributed by atoms with Crippen LogP contribution >= 0.6 is 0 Å². The lowest BCUT2D eigenvalue weighted by Crippen LogP contribution is -2.56. The molecule has 3 rings (SSSR count). The molecular weight excluding hydrogens is 252 g/mol. The summed E-state index contributed by atoms with van der Waals surface area (Å²) in [4.78, 5) is 16.3. The maximum atomic E-state index is 13.1. The minimum atomic E-state index is -2.73. The molecule has 6 heteroatoms. The Morgan fingerprint density at radius 1 is 1.16 bits per heavy atom. The zero-order valence-corrected chi connectivity index (χ0v) is 11.1. The highest BCUT2D eigenvalue weighted by Gasteiger charge is 2.44. The van der Waals surface area contributed by atoms with Crippen molar-refractivity contribution in [2.75, 3.05) is 32.7 Å². The number of alkyl halides is 2. The number of rotatable bonds is 2. The largest absolute Gasteiger partial charge is 0.339 e. The normalized spacial score (nSPS) is 32.3. The first kappa shape index (κ1) is 13.2. The highest BCUT2D eigenvalue weighted by molar-refractivity contribution is 5.82. The van der Waals surface area contributed by atoms with Gasteiger partial charge in [0.15, 0.2) is 0 Å². The molecule has 3 aliphatic rings. The predicted octanol–water partition coefficient (Wildman–Crippen LogP) is 0.680. The smallest absolute Gasteiger partial charge is 0.262 e. The Hall–Kier alpha value is -0.750. The maximum Gasteiger partial charge on any atom is 0.262 e. The topological polar surface area (TPSA) is 35.6 Å². The van der Waals surface area contributed by atoms with Crippen molar-refractivity contribution in [3.05, 3.63) is 0 Å². The zero-order valence-electron chi connectivity index (χ0n) is 11.1. The molecule has 108 valence electrons. The number of nitrogens with one attached hydrogen (secondary N) is 1. The summed E-state index contributed by atoms with van der Waals surface area (Å²) >= 11 is 0. The Kier molecular flexibility index (Phi) is 3.47. The SMILES string of the molecule is O=C(C1CC(F)(F)CN1)N1CCN(C2CCC2)CC1. The highest BCUT2D eigenvalue weighted by Crippen LogP contribution is 2.28. The second-order valence-corrected chi connectivity index (χ2v) is 5.94. The molecule has 1 atom stereocenters. The van der Waals surface area contributed by atoms with Crippen molar-refractivity contribution in [3.63, 3.8) is 0 Å². The molecular formula is C13H21F2N3O. The van der Waals surface area contributed by atoms with Crippen LogP contribution in [0.1, 0.15) is 25.7 Å². The monoisotopic (exact) mass is 273 g/mol. The minimum absolute atomic E-state index is 0.148. The number of amides is 1. The van der Waals surface area contributed by atoms with Crippen LogP contribution in [0, 0.1) is 0 Å². The Labute approximate surface area is 112 Å². The minimum Gasteiger partial charge on any atom is -0.339 e. The fourth-order valence-corrected chi connectivity index (χ4v) is 3.17. The Morgan fingerprint density at radius 2 is 1.84 bits per heavy atom. The van der Waals surface area contributed by atoms with Gasteiger partial charge >= 0.3 is 0 Å². The number of carbonyl (C=O) groups is 1. The van der Waals surface area contributed by atoms with Crippen molar-refractivity contribution in [2.45, 2.75) is 43.7 Å². The summed E-state index contributed by atoms with van der Waals surface area (Å²) < 4.78 is 26.2. The van der Waals surface area contributed by atoms with Crippen LogP contribution in [-0.2, 0) is 4.79 Å². The van der Waals surface area contributed by atoms with E-state index in [1.54, 1.807) is 4.90 Å².